The second kappa shape index (κ2) is 7.23. The van der Waals surface area contributed by atoms with Gasteiger partial charge in [-0.1, -0.05) is 29.3 Å². The molecule has 0 aromatic carbocycles. The lowest BCUT2D eigenvalue weighted by Gasteiger charge is -2.26. The number of esters is 1. The van der Waals surface area contributed by atoms with E-state index >= 15 is 0 Å². The van der Waals surface area contributed by atoms with Crippen LogP contribution in [-0.4, -0.2) is 42.4 Å². The van der Waals surface area contributed by atoms with Gasteiger partial charge in [0, 0.05) is 11.9 Å². The Hall–Kier alpha value is -0.0900. The van der Waals surface area contributed by atoms with E-state index in [-0.39, 0.29) is 11.9 Å². The minimum atomic E-state index is -0.0936. The Morgan fingerprint density at radius 3 is 2.67 bits per heavy atom. The van der Waals surface area contributed by atoms with Crippen LogP contribution in [0.1, 0.15) is 26.2 Å². The number of carbonyl (C=O) groups excluding carboxylic acids is 1. The topological polar surface area (TPSA) is 29.5 Å². The molecule has 4 heteroatoms. The smallest absolute Gasteiger partial charge is 0.309 e. The Labute approximate surface area is 100 Å². The molecular formula is C11H20BrNO2. The molecule has 1 fully saturated rings. The van der Waals surface area contributed by atoms with Gasteiger partial charge < -0.3 is 4.74 Å². The molecule has 0 aromatic heterocycles. The van der Waals surface area contributed by atoms with Gasteiger partial charge in [-0.3, -0.25) is 9.69 Å². The van der Waals surface area contributed by atoms with E-state index < -0.39 is 0 Å². The number of halogens is 1. The Kier molecular flexibility index (Phi) is 6.25. The third-order valence-electron chi connectivity index (χ3n) is 2.73. The van der Waals surface area contributed by atoms with Crippen LogP contribution in [-0.2, 0) is 9.53 Å². The monoisotopic (exact) mass is 277 g/mol. The Morgan fingerprint density at radius 2 is 2.07 bits per heavy atom. The molecule has 0 radical (unpaired) electrons. The van der Waals surface area contributed by atoms with Crippen LogP contribution < -0.4 is 0 Å². The Balaban J connectivity index is 2.07. The van der Waals surface area contributed by atoms with Crippen molar-refractivity contribution in [3.63, 3.8) is 0 Å². The van der Waals surface area contributed by atoms with Gasteiger partial charge in [0.15, 0.2) is 0 Å². The molecule has 0 amide bonds. The van der Waals surface area contributed by atoms with E-state index in [9.17, 15) is 4.79 Å². The molecule has 1 unspecified atom stereocenters. The van der Waals surface area contributed by atoms with Crippen LogP contribution in [0, 0.1) is 5.92 Å². The lowest BCUT2D eigenvalue weighted by atomic mass is 10.1. The van der Waals surface area contributed by atoms with E-state index in [1.165, 1.54) is 19.3 Å². The molecule has 0 saturated carbocycles. The summed E-state index contributed by atoms with van der Waals surface area (Å²) in [6, 6.07) is 0. The average Bonchev–Trinajstić information content (AvgIpc) is 2.29. The first-order valence-corrected chi connectivity index (χ1v) is 6.81. The number of alkyl halides is 1. The van der Waals surface area contributed by atoms with Gasteiger partial charge in [-0.25, -0.2) is 0 Å². The van der Waals surface area contributed by atoms with E-state index in [1.807, 2.05) is 6.92 Å². The number of hydrogen-bond donors (Lipinski definition) is 0. The zero-order valence-electron chi connectivity index (χ0n) is 9.38. The Bertz CT molecular complexity index is 193. The van der Waals surface area contributed by atoms with Crippen LogP contribution in [0.15, 0.2) is 0 Å². The predicted molar refractivity (Wildman–Crippen MR) is 64.2 cm³/mol. The van der Waals surface area contributed by atoms with Crippen LogP contribution in [0.5, 0.6) is 0 Å². The highest BCUT2D eigenvalue weighted by Gasteiger charge is 2.14. The molecule has 1 heterocycles. The molecular weight excluding hydrogens is 258 g/mol. The largest absolute Gasteiger partial charge is 0.464 e. The summed E-state index contributed by atoms with van der Waals surface area (Å²) in [7, 11) is 0. The summed E-state index contributed by atoms with van der Waals surface area (Å²) in [6.07, 6.45) is 3.91. The van der Waals surface area contributed by atoms with Crippen LogP contribution in [0.2, 0.25) is 0 Å². The molecule has 1 aliphatic heterocycles. The summed E-state index contributed by atoms with van der Waals surface area (Å²) in [5.41, 5.74) is 0. The van der Waals surface area contributed by atoms with Gasteiger partial charge in [0.05, 0.1) is 5.92 Å². The van der Waals surface area contributed by atoms with E-state index in [0.717, 1.165) is 19.6 Å². The second-order valence-corrected chi connectivity index (χ2v) is 4.77. The predicted octanol–water partition coefficient (Wildman–Crippen LogP) is 2.05. The summed E-state index contributed by atoms with van der Waals surface area (Å²) < 4.78 is 5.19. The quantitative estimate of drug-likeness (QED) is 0.569. The van der Waals surface area contributed by atoms with Crippen molar-refractivity contribution in [3.8, 4) is 0 Å². The average molecular weight is 278 g/mol. The van der Waals surface area contributed by atoms with Crippen molar-refractivity contribution in [2.45, 2.75) is 26.2 Å². The van der Waals surface area contributed by atoms with E-state index in [0.29, 0.717) is 11.9 Å². The van der Waals surface area contributed by atoms with Gasteiger partial charge in [0.25, 0.3) is 0 Å². The van der Waals surface area contributed by atoms with Crippen molar-refractivity contribution in [1.29, 1.82) is 0 Å². The molecule has 0 spiro atoms. The van der Waals surface area contributed by atoms with Crippen molar-refractivity contribution in [1.82, 2.24) is 4.90 Å². The van der Waals surface area contributed by atoms with E-state index in [2.05, 4.69) is 20.8 Å². The first-order valence-electron chi connectivity index (χ1n) is 5.69. The maximum atomic E-state index is 11.3. The van der Waals surface area contributed by atoms with Crippen molar-refractivity contribution < 1.29 is 9.53 Å². The molecule has 0 aliphatic carbocycles. The highest BCUT2D eigenvalue weighted by molar-refractivity contribution is 9.09. The zero-order chi connectivity index (χ0) is 11.1. The molecule has 1 atom stereocenters. The lowest BCUT2D eigenvalue weighted by Crippen LogP contribution is -2.33. The maximum absolute atomic E-state index is 11.3. The molecule has 88 valence electrons. The number of rotatable bonds is 5. The first kappa shape index (κ1) is 13.0. The van der Waals surface area contributed by atoms with E-state index in [4.69, 9.17) is 4.74 Å². The maximum Gasteiger partial charge on any atom is 0.309 e. The van der Waals surface area contributed by atoms with Crippen molar-refractivity contribution in [2.24, 2.45) is 5.92 Å². The normalized spacial score (nSPS) is 19.9. The highest BCUT2D eigenvalue weighted by atomic mass is 79.9. The zero-order valence-corrected chi connectivity index (χ0v) is 11.0. The van der Waals surface area contributed by atoms with Gasteiger partial charge >= 0.3 is 5.97 Å². The lowest BCUT2D eigenvalue weighted by molar-refractivity contribution is -0.147. The number of hydrogen-bond acceptors (Lipinski definition) is 3. The Morgan fingerprint density at radius 1 is 1.40 bits per heavy atom. The van der Waals surface area contributed by atoms with Gasteiger partial charge in [-0.05, 0) is 25.9 Å². The third-order valence-corrected chi connectivity index (χ3v) is 3.71. The van der Waals surface area contributed by atoms with Gasteiger partial charge in [-0.15, -0.1) is 0 Å². The minimum Gasteiger partial charge on any atom is -0.464 e. The molecule has 0 N–H and O–H groups in total. The summed E-state index contributed by atoms with van der Waals surface area (Å²) in [5, 5.41) is 0.676. The second-order valence-electron chi connectivity index (χ2n) is 4.13. The van der Waals surface area contributed by atoms with Crippen LogP contribution in [0.3, 0.4) is 0 Å². The fourth-order valence-corrected chi connectivity index (χ4v) is 1.93. The standard InChI is InChI=1S/C11H20BrNO2/c1-10(9-12)11(14)15-8-7-13-5-3-2-4-6-13/h10H,2-9H2,1H3. The SMILES string of the molecule is CC(CBr)C(=O)OCCN1CCCCC1. The summed E-state index contributed by atoms with van der Waals surface area (Å²) in [5.74, 6) is -0.129. The molecule has 0 bridgehead atoms. The molecule has 3 nitrogen and oxygen atoms in total. The van der Waals surface area contributed by atoms with E-state index in [1.54, 1.807) is 0 Å². The van der Waals surface area contributed by atoms with Gasteiger partial charge in [0.1, 0.15) is 6.61 Å². The summed E-state index contributed by atoms with van der Waals surface area (Å²) >= 11 is 3.27. The fourth-order valence-electron chi connectivity index (χ4n) is 1.66. The van der Waals surface area contributed by atoms with Gasteiger partial charge in [-0.2, -0.15) is 0 Å². The molecule has 15 heavy (non-hydrogen) atoms. The number of likely N-dealkylation sites (tertiary alicyclic amines) is 1. The summed E-state index contributed by atoms with van der Waals surface area (Å²) in [4.78, 5) is 13.7. The number of ether oxygens (including phenoxy) is 1. The molecule has 1 saturated heterocycles. The van der Waals surface area contributed by atoms with Crippen molar-refractivity contribution >= 4 is 21.9 Å². The number of carbonyl (C=O) groups is 1. The van der Waals surface area contributed by atoms with Crippen LogP contribution >= 0.6 is 15.9 Å². The van der Waals surface area contributed by atoms with Crippen LogP contribution in [0.25, 0.3) is 0 Å². The molecule has 1 rings (SSSR count). The third kappa shape index (κ3) is 4.98. The van der Waals surface area contributed by atoms with Crippen molar-refractivity contribution in [3.05, 3.63) is 0 Å². The first-order chi connectivity index (χ1) is 7.24. The molecule has 0 aromatic rings. The van der Waals surface area contributed by atoms with Gasteiger partial charge in [0.2, 0.25) is 0 Å². The summed E-state index contributed by atoms with van der Waals surface area (Å²) in [6.45, 7) is 5.62. The highest BCUT2D eigenvalue weighted by Crippen LogP contribution is 2.08. The minimum absolute atomic E-state index is 0.0358. The van der Waals surface area contributed by atoms with Crippen LogP contribution in [0.4, 0.5) is 0 Å². The number of piperidine rings is 1. The molecule has 1 aliphatic rings. The fraction of sp³-hybridized carbons (Fsp3) is 0.909. The number of nitrogens with zero attached hydrogens (tertiary/aromatic N) is 1. The van der Waals surface area contributed by atoms with Crippen molar-refractivity contribution in [2.75, 3.05) is 31.6 Å².